The molecule has 0 amide bonds. The molecular formula is C12H23N3O. The van der Waals surface area contributed by atoms with Crippen LogP contribution in [0.25, 0.3) is 0 Å². The molecule has 1 heterocycles. The van der Waals surface area contributed by atoms with Crippen LogP contribution < -0.4 is 5.32 Å². The van der Waals surface area contributed by atoms with Crippen LogP contribution in [0.4, 0.5) is 0 Å². The Morgan fingerprint density at radius 2 is 2.31 bits per heavy atom. The molecule has 0 bridgehead atoms. The molecule has 1 atom stereocenters. The number of nitrogens with zero attached hydrogens (tertiary/aromatic N) is 2. The monoisotopic (exact) mass is 225 g/mol. The summed E-state index contributed by atoms with van der Waals surface area (Å²) in [6.07, 6.45) is 6.84. The van der Waals surface area contributed by atoms with Gasteiger partial charge in [-0.15, -0.1) is 0 Å². The summed E-state index contributed by atoms with van der Waals surface area (Å²) in [5.74, 6) is 1.13. The average Bonchev–Trinajstić information content (AvgIpc) is 2.76. The number of likely N-dealkylation sites (N-methyl/N-ethyl adjacent to an activating group) is 1. The summed E-state index contributed by atoms with van der Waals surface area (Å²) in [5.41, 5.74) is -0.160. The highest BCUT2D eigenvalue weighted by molar-refractivity contribution is 4.91. The Morgan fingerprint density at radius 3 is 2.88 bits per heavy atom. The lowest BCUT2D eigenvalue weighted by molar-refractivity contribution is 0.170. The van der Waals surface area contributed by atoms with Gasteiger partial charge in [0.1, 0.15) is 5.82 Å². The molecule has 1 rings (SSSR count). The predicted octanol–water partition coefficient (Wildman–Crippen LogP) is 1.20. The molecule has 0 fully saturated rings. The number of aromatic nitrogens is 2. The van der Waals surface area contributed by atoms with E-state index >= 15 is 0 Å². The predicted molar refractivity (Wildman–Crippen MR) is 65.4 cm³/mol. The summed E-state index contributed by atoms with van der Waals surface area (Å²) in [5, 5.41) is 12.4. The van der Waals surface area contributed by atoms with Crippen LogP contribution in [0.1, 0.15) is 32.5 Å². The molecule has 0 radical (unpaired) electrons. The molecule has 4 nitrogen and oxygen atoms in total. The average molecular weight is 225 g/mol. The molecule has 0 spiro atoms. The van der Waals surface area contributed by atoms with Crippen molar-refractivity contribution >= 4 is 0 Å². The van der Waals surface area contributed by atoms with E-state index in [0.717, 1.165) is 31.6 Å². The van der Waals surface area contributed by atoms with Gasteiger partial charge in [0.25, 0.3) is 0 Å². The van der Waals surface area contributed by atoms with Crippen molar-refractivity contribution in [3.63, 3.8) is 0 Å². The first kappa shape index (κ1) is 13.2. The molecule has 0 aliphatic rings. The number of imidazole rings is 1. The zero-order chi connectivity index (χ0) is 12.0. The van der Waals surface area contributed by atoms with Crippen molar-refractivity contribution < 1.29 is 5.11 Å². The van der Waals surface area contributed by atoms with Crippen LogP contribution in [0.5, 0.6) is 0 Å². The SMILES string of the molecule is CCc1nccn1CCCC(C)(CO)NC. The van der Waals surface area contributed by atoms with Gasteiger partial charge in [-0.1, -0.05) is 6.92 Å². The molecule has 0 aromatic carbocycles. The van der Waals surface area contributed by atoms with Gasteiger partial charge < -0.3 is 15.0 Å². The van der Waals surface area contributed by atoms with Crippen molar-refractivity contribution in [2.75, 3.05) is 13.7 Å². The third kappa shape index (κ3) is 3.32. The first-order valence-corrected chi connectivity index (χ1v) is 5.95. The lowest BCUT2D eigenvalue weighted by Crippen LogP contribution is -2.43. The Labute approximate surface area is 97.7 Å². The summed E-state index contributed by atoms with van der Waals surface area (Å²) in [6, 6.07) is 0. The topological polar surface area (TPSA) is 50.1 Å². The molecule has 1 aromatic rings. The first-order valence-electron chi connectivity index (χ1n) is 5.95. The second-order valence-corrected chi connectivity index (χ2v) is 4.46. The van der Waals surface area contributed by atoms with Gasteiger partial charge in [-0.2, -0.15) is 0 Å². The quantitative estimate of drug-likeness (QED) is 0.733. The lowest BCUT2D eigenvalue weighted by atomic mass is 9.97. The van der Waals surface area contributed by atoms with E-state index in [4.69, 9.17) is 0 Å². The minimum Gasteiger partial charge on any atom is -0.394 e. The number of aliphatic hydroxyl groups is 1. The maximum absolute atomic E-state index is 9.26. The molecule has 0 aliphatic heterocycles. The number of aryl methyl sites for hydroxylation is 2. The summed E-state index contributed by atoms with van der Waals surface area (Å²) >= 11 is 0. The zero-order valence-corrected chi connectivity index (χ0v) is 10.5. The van der Waals surface area contributed by atoms with Gasteiger partial charge in [0.2, 0.25) is 0 Å². The van der Waals surface area contributed by atoms with E-state index in [1.54, 1.807) is 0 Å². The van der Waals surface area contributed by atoms with Crippen LogP contribution in [-0.4, -0.2) is 33.9 Å². The largest absolute Gasteiger partial charge is 0.394 e. The fraction of sp³-hybridized carbons (Fsp3) is 0.750. The van der Waals surface area contributed by atoms with Crippen LogP contribution in [-0.2, 0) is 13.0 Å². The van der Waals surface area contributed by atoms with Crippen LogP contribution in [0.2, 0.25) is 0 Å². The maximum atomic E-state index is 9.26. The molecule has 0 saturated heterocycles. The first-order chi connectivity index (χ1) is 7.65. The van der Waals surface area contributed by atoms with Crippen molar-refractivity contribution in [2.45, 2.75) is 45.2 Å². The van der Waals surface area contributed by atoms with E-state index in [9.17, 15) is 5.11 Å². The molecule has 2 N–H and O–H groups in total. The van der Waals surface area contributed by atoms with Crippen molar-refractivity contribution in [3.05, 3.63) is 18.2 Å². The molecular weight excluding hydrogens is 202 g/mol. The maximum Gasteiger partial charge on any atom is 0.108 e. The number of aliphatic hydroxyl groups excluding tert-OH is 1. The van der Waals surface area contributed by atoms with Crippen LogP contribution >= 0.6 is 0 Å². The Morgan fingerprint density at radius 1 is 1.56 bits per heavy atom. The minimum absolute atomic E-state index is 0.160. The van der Waals surface area contributed by atoms with Gasteiger partial charge in [-0.3, -0.25) is 0 Å². The molecule has 92 valence electrons. The van der Waals surface area contributed by atoms with Crippen molar-refractivity contribution in [2.24, 2.45) is 0 Å². The summed E-state index contributed by atoms with van der Waals surface area (Å²) in [6.45, 7) is 5.31. The molecule has 1 unspecified atom stereocenters. The second kappa shape index (κ2) is 6.01. The zero-order valence-electron chi connectivity index (χ0n) is 10.5. The van der Waals surface area contributed by atoms with Crippen molar-refractivity contribution in [3.8, 4) is 0 Å². The van der Waals surface area contributed by atoms with E-state index in [1.807, 2.05) is 26.4 Å². The van der Waals surface area contributed by atoms with Gasteiger partial charge in [0.15, 0.2) is 0 Å². The van der Waals surface area contributed by atoms with Gasteiger partial charge in [-0.05, 0) is 26.8 Å². The third-order valence-corrected chi connectivity index (χ3v) is 3.20. The minimum atomic E-state index is -0.160. The number of nitrogens with one attached hydrogen (secondary N) is 1. The highest BCUT2D eigenvalue weighted by atomic mass is 16.3. The van der Waals surface area contributed by atoms with Gasteiger partial charge >= 0.3 is 0 Å². The van der Waals surface area contributed by atoms with E-state index in [0.29, 0.717) is 0 Å². The highest BCUT2D eigenvalue weighted by Gasteiger charge is 2.19. The number of hydrogen-bond donors (Lipinski definition) is 2. The smallest absolute Gasteiger partial charge is 0.108 e. The molecule has 4 heteroatoms. The van der Waals surface area contributed by atoms with Crippen LogP contribution in [0, 0.1) is 0 Å². The van der Waals surface area contributed by atoms with Crippen LogP contribution in [0.15, 0.2) is 12.4 Å². The van der Waals surface area contributed by atoms with Gasteiger partial charge in [-0.25, -0.2) is 4.98 Å². The van der Waals surface area contributed by atoms with E-state index in [2.05, 4.69) is 21.8 Å². The second-order valence-electron chi connectivity index (χ2n) is 4.46. The van der Waals surface area contributed by atoms with E-state index < -0.39 is 0 Å². The molecule has 1 aromatic heterocycles. The number of hydrogen-bond acceptors (Lipinski definition) is 3. The standard InChI is InChI=1S/C12H23N3O/c1-4-11-14-7-9-15(11)8-5-6-12(2,10-16)13-3/h7,9,13,16H,4-6,8,10H2,1-3H3. The van der Waals surface area contributed by atoms with E-state index in [1.165, 1.54) is 0 Å². The van der Waals surface area contributed by atoms with Gasteiger partial charge in [0.05, 0.1) is 6.61 Å². The van der Waals surface area contributed by atoms with Gasteiger partial charge in [0, 0.05) is 30.9 Å². The third-order valence-electron chi connectivity index (χ3n) is 3.20. The lowest BCUT2D eigenvalue weighted by Gasteiger charge is -2.26. The summed E-state index contributed by atoms with van der Waals surface area (Å²) in [7, 11) is 1.89. The Hall–Kier alpha value is -0.870. The fourth-order valence-corrected chi connectivity index (χ4v) is 1.78. The summed E-state index contributed by atoms with van der Waals surface area (Å²) < 4.78 is 2.19. The Bertz CT molecular complexity index is 305. The van der Waals surface area contributed by atoms with Crippen LogP contribution in [0.3, 0.4) is 0 Å². The van der Waals surface area contributed by atoms with E-state index in [-0.39, 0.29) is 12.1 Å². The van der Waals surface area contributed by atoms with Crippen molar-refractivity contribution in [1.29, 1.82) is 0 Å². The summed E-state index contributed by atoms with van der Waals surface area (Å²) in [4.78, 5) is 4.29. The Balaban J connectivity index is 2.41. The highest BCUT2D eigenvalue weighted by Crippen LogP contribution is 2.12. The van der Waals surface area contributed by atoms with Crippen molar-refractivity contribution in [1.82, 2.24) is 14.9 Å². The molecule has 0 aliphatic carbocycles. The Kier molecular flexibility index (Phi) is 4.96. The molecule has 0 saturated carbocycles. The molecule has 16 heavy (non-hydrogen) atoms. The number of rotatable bonds is 7. The normalized spacial score (nSPS) is 15.0. The fourth-order valence-electron chi connectivity index (χ4n) is 1.78.